The highest BCUT2D eigenvalue weighted by Gasteiger charge is 2.07. The van der Waals surface area contributed by atoms with Crippen molar-refractivity contribution in [2.24, 2.45) is 0 Å². The molecular formula is C15H16N2O2. The number of anilines is 2. The predicted molar refractivity (Wildman–Crippen MR) is 76.4 cm³/mol. The summed E-state index contributed by atoms with van der Waals surface area (Å²) in [6.45, 7) is 2.48. The Hall–Kier alpha value is -2.49. The largest absolute Gasteiger partial charge is 0.494 e. The van der Waals surface area contributed by atoms with Crippen molar-refractivity contribution < 1.29 is 9.53 Å². The van der Waals surface area contributed by atoms with Crippen LogP contribution in [0, 0.1) is 0 Å². The summed E-state index contributed by atoms with van der Waals surface area (Å²) in [7, 11) is 0. The van der Waals surface area contributed by atoms with E-state index in [1.165, 1.54) is 0 Å². The highest BCUT2D eigenvalue weighted by atomic mass is 16.5. The van der Waals surface area contributed by atoms with E-state index < -0.39 is 0 Å². The second kappa shape index (κ2) is 5.91. The van der Waals surface area contributed by atoms with Crippen LogP contribution in [-0.2, 0) is 0 Å². The summed E-state index contributed by atoms with van der Waals surface area (Å²) in [6, 6.07) is 14.1. The second-order valence-corrected chi connectivity index (χ2v) is 4.04. The van der Waals surface area contributed by atoms with Crippen LogP contribution < -0.4 is 15.8 Å². The molecule has 4 nitrogen and oxygen atoms in total. The zero-order valence-corrected chi connectivity index (χ0v) is 10.7. The molecule has 0 radical (unpaired) electrons. The topological polar surface area (TPSA) is 64.3 Å². The number of amides is 1. The number of hydrogen-bond acceptors (Lipinski definition) is 3. The Balaban J connectivity index is 2.11. The van der Waals surface area contributed by atoms with E-state index in [0.717, 1.165) is 0 Å². The van der Waals surface area contributed by atoms with Crippen molar-refractivity contribution in [2.45, 2.75) is 6.92 Å². The Morgan fingerprint density at radius 1 is 1.21 bits per heavy atom. The van der Waals surface area contributed by atoms with Crippen molar-refractivity contribution in [3.8, 4) is 5.75 Å². The monoisotopic (exact) mass is 256 g/mol. The number of carbonyl (C=O) groups excluding carboxylic acids is 1. The van der Waals surface area contributed by atoms with Crippen LogP contribution in [0.5, 0.6) is 5.75 Å². The molecule has 98 valence electrons. The fraction of sp³-hybridized carbons (Fsp3) is 0.133. The zero-order valence-electron chi connectivity index (χ0n) is 10.7. The molecule has 0 aliphatic carbocycles. The Bertz CT molecular complexity index is 565. The molecule has 19 heavy (non-hydrogen) atoms. The van der Waals surface area contributed by atoms with Gasteiger partial charge in [-0.15, -0.1) is 0 Å². The number of benzene rings is 2. The Morgan fingerprint density at radius 3 is 2.63 bits per heavy atom. The van der Waals surface area contributed by atoms with Gasteiger partial charge in [0.25, 0.3) is 5.91 Å². The average molecular weight is 256 g/mol. The molecule has 4 heteroatoms. The van der Waals surface area contributed by atoms with Gasteiger partial charge in [-0.05, 0) is 49.4 Å². The van der Waals surface area contributed by atoms with Crippen LogP contribution in [0.25, 0.3) is 0 Å². The van der Waals surface area contributed by atoms with Gasteiger partial charge in [0.05, 0.1) is 6.61 Å². The molecule has 2 aromatic carbocycles. The van der Waals surface area contributed by atoms with E-state index in [0.29, 0.717) is 29.3 Å². The molecule has 2 aromatic rings. The summed E-state index contributed by atoms with van der Waals surface area (Å²) in [5, 5.41) is 2.80. The molecule has 0 aromatic heterocycles. The summed E-state index contributed by atoms with van der Waals surface area (Å²) in [4.78, 5) is 12.1. The second-order valence-electron chi connectivity index (χ2n) is 4.04. The number of nitrogens with two attached hydrogens (primary N) is 1. The van der Waals surface area contributed by atoms with Gasteiger partial charge in [0, 0.05) is 16.9 Å². The normalized spacial score (nSPS) is 9.95. The SMILES string of the molecule is CCOc1cccc(C(=O)Nc2ccc(N)cc2)c1. The predicted octanol–water partition coefficient (Wildman–Crippen LogP) is 2.92. The summed E-state index contributed by atoms with van der Waals surface area (Å²) in [5.74, 6) is 0.513. The van der Waals surface area contributed by atoms with E-state index in [-0.39, 0.29) is 5.91 Å². The van der Waals surface area contributed by atoms with Gasteiger partial charge in [-0.3, -0.25) is 4.79 Å². The first-order valence-corrected chi connectivity index (χ1v) is 6.09. The first-order chi connectivity index (χ1) is 9.19. The van der Waals surface area contributed by atoms with E-state index >= 15 is 0 Å². The highest BCUT2D eigenvalue weighted by molar-refractivity contribution is 6.04. The van der Waals surface area contributed by atoms with Crippen LogP contribution in [0.3, 0.4) is 0 Å². The van der Waals surface area contributed by atoms with Crippen molar-refractivity contribution in [3.05, 3.63) is 54.1 Å². The van der Waals surface area contributed by atoms with Gasteiger partial charge in [0.2, 0.25) is 0 Å². The van der Waals surface area contributed by atoms with Gasteiger partial charge in [-0.1, -0.05) is 6.07 Å². The molecule has 2 rings (SSSR count). The minimum absolute atomic E-state index is 0.175. The van der Waals surface area contributed by atoms with Crippen molar-refractivity contribution in [3.63, 3.8) is 0 Å². The number of carbonyl (C=O) groups is 1. The van der Waals surface area contributed by atoms with E-state index in [1.54, 1.807) is 42.5 Å². The number of rotatable bonds is 4. The first kappa shape index (κ1) is 13.0. The fourth-order valence-electron chi connectivity index (χ4n) is 1.66. The van der Waals surface area contributed by atoms with E-state index in [1.807, 2.05) is 13.0 Å². The lowest BCUT2D eigenvalue weighted by Crippen LogP contribution is -2.12. The smallest absolute Gasteiger partial charge is 0.255 e. The van der Waals surface area contributed by atoms with Gasteiger partial charge in [-0.25, -0.2) is 0 Å². The molecule has 0 aliphatic rings. The summed E-state index contributed by atoms with van der Waals surface area (Å²) >= 11 is 0. The Kier molecular flexibility index (Phi) is 4.03. The quantitative estimate of drug-likeness (QED) is 0.827. The molecule has 0 fully saturated rings. The van der Waals surface area contributed by atoms with Crippen LogP contribution in [0.2, 0.25) is 0 Å². The zero-order chi connectivity index (χ0) is 13.7. The highest BCUT2D eigenvalue weighted by Crippen LogP contribution is 2.16. The third-order valence-corrected chi connectivity index (χ3v) is 2.58. The third kappa shape index (κ3) is 3.48. The van der Waals surface area contributed by atoms with Crippen LogP contribution in [0.15, 0.2) is 48.5 Å². The van der Waals surface area contributed by atoms with Gasteiger partial charge < -0.3 is 15.8 Å². The lowest BCUT2D eigenvalue weighted by Gasteiger charge is -2.07. The van der Waals surface area contributed by atoms with Gasteiger partial charge >= 0.3 is 0 Å². The molecule has 0 saturated carbocycles. The summed E-state index contributed by atoms with van der Waals surface area (Å²) < 4.78 is 5.37. The molecule has 0 saturated heterocycles. The van der Waals surface area contributed by atoms with Crippen LogP contribution >= 0.6 is 0 Å². The summed E-state index contributed by atoms with van der Waals surface area (Å²) in [6.07, 6.45) is 0. The fourth-order valence-corrected chi connectivity index (χ4v) is 1.66. The lowest BCUT2D eigenvalue weighted by molar-refractivity contribution is 0.102. The standard InChI is InChI=1S/C15H16N2O2/c1-2-19-14-5-3-4-11(10-14)15(18)17-13-8-6-12(16)7-9-13/h3-10H,2,16H2,1H3,(H,17,18). The van der Waals surface area contributed by atoms with Crippen molar-refractivity contribution >= 4 is 17.3 Å². The van der Waals surface area contributed by atoms with Gasteiger partial charge in [0.1, 0.15) is 5.75 Å². The van der Waals surface area contributed by atoms with E-state index in [9.17, 15) is 4.79 Å². The number of nitrogens with one attached hydrogen (secondary N) is 1. The molecule has 3 N–H and O–H groups in total. The van der Waals surface area contributed by atoms with E-state index in [4.69, 9.17) is 10.5 Å². The minimum atomic E-state index is -0.175. The van der Waals surface area contributed by atoms with Crippen molar-refractivity contribution in [1.82, 2.24) is 0 Å². The molecular weight excluding hydrogens is 240 g/mol. The lowest BCUT2D eigenvalue weighted by atomic mass is 10.2. The van der Waals surface area contributed by atoms with Crippen LogP contribution in [0.1, 0.15) is 17.3 Å². The molecule has 0 heterocycles. The van der Waals surface area contributed by atoms with Crippen molar-refractivity contribution in [2.75, 3.05) is 17.7 Å². The van der Waals surface area contributed by atoms with Crippen LogP contribution in [-0.4, -0.2) is 12.5 Å². The molecule has 0 atom stereocenters. The first-order valence-electron chi connectivity index (χ1n) is 6.09. The maximum Gasteiger partial charge on any atom is 0.255 e. The Morgan fingerprint density at radius 2 is 1.95 bits per heavy atom. The maximum absolute atomic E-state index is 12.1. The Labute approximate surface area is 112 Å². The van der Waals surface area contributed by atoms with Crippen LogP contribution in [0.4, 0.5) is 11.4 Å². The average Bonchev–Trinajstić information content (AvgIpc) is 2.42. The molecule has 0 unspecified atom stereocenters. The van der Waals surface area contributed by atoms with E-state index in [2.05, 4.69) is 5.32 Å². The number of nitrogen functional groups attached to an aromatic ring is 1. The molecule has 0 aliphatic heterocycles. The molecule has 0 spiro atoms. The maximum atomic E-state index is 12.1. The third-order valence-electron chi connectivity index (χ3n) is 2.58. The number of ether oxygens (including phenoxy) is 1. The van der Waals surface area contributed by atoms with Gasteiger partial charge in [0.15, 0.2) is 0 Å². The number of hydrogen-bond donors (Lipinski definition) is 2. The van der Waals surface area contributed by atoms with Gasteiger partial charge in [-0.2, -0.15) is 0 Å². The van der Waals surface area contributed by atoms with Crippen molar-refractivity contribution in [1.29, 1.82) is 0 Å². The minimum Gasteiger partial charge on any atom is -0.494 e. The summed E-state index contributed by atoms with van der Waals surface area (Å²) in [5.41, 5.74) is 7.52. The molecule has 0 bridgehead atoms. The molecule has 1 amide bonds.